The van der Waals surface area contributed by atoms with Gasteiger partial charge in [0.25, 0.3) is 0 Å². The number of esters is 1. The second kappa shape index (κ2) is 12.9. The van der Waals surface area contributed by atoms with Crippen LogP contribution in [0.25, 0.3) is 0 Å². The van der Waals surface area contributed by atoms with Crippen molar-refractivity contribution in [3.63, 3.8) is 0 Å². The Hall–Kier alpha value is -1.35. The third kappa shape index (κ3) is 8.47. The summed E-state index contributed by atoms with van der Waals surface area (Å²) < 4.78 is 10.6. The fourth-order valence-corrected chi connectivity index (χ4v) is 3.80. The zero-order chi connectivity index (χ0) is 19.3. The van der Waals surface area contributed by atoms with E-state index in [0.29, 0.717) is 11.7 Å². The highest BCUT2D eigenvalue weighted by Crippen LogP contribution is 2.41. The van der Waals surface area contributed by atoms with E-state index in [4.69, 9.17) is 9.47 Å². The van der Waals surface area contributed by atoms with Crippen LogP contribution < -0.4 is 0 Å². The lowest BCUT2D eigenvalue weighted by atomic mass is 10.0. The molecule has 1 saturated heterocycles. The van der Waals surface area contributed by atoms with Crippen molar-refractivity contribution in [3.8, 4) is 0 Å². The van der Waals surface area contributed by atoms with Gasteiger partial charge in [-0.25, -0.2) is 4.79 Å². The number of rotatable bonds is 15. The van der Waals surface area contributed by atoms with E-state index >= 15 is 0 Å². The van der Waals surface area contributed by atoms with Gasteiger partial charge < -0.3 is 9.47 Å². The second-order valence-electron chi connectivity index (χ2n) is 7.89. The molecule has 1 heterocycles. The maximum atomic E-state index is 11.6. The van der Waals surface area contributed by atoms with Crippen LogP contribution >= 0.6 is 0 Å². The van der Waals surface area contributed by atoms with Crippen LogP contribution in [0.5, 0.6) is 0 Å². The minimum Gasteiger partial charge on any atom is -0.465 e. The van der Waals surface area contributed by atoms with Gasteiger partial charge in [0.05, 0.1) is 18.8 Å². The number of unbranched alkanes of at least 4 members (excludes halogenated alkanes) is 11. The van der Waals surface area contributed by atoms with E-state index < -0.39 is 0 Å². The first-order valence-corrected chi connectivity index (χ1v) is 11.1. The van der Waals surface area contributed by atoms with Crippen molar-refractivity contribution in [1.82, 2.24) is 0 Å². The quantitative estimate of drug-likeness (QED) is 0.188. The minimum absolute atomic E-state index is 0.169. The average Bonchev–Trinajstić information content (AvgIpc) is 3.48. The zero-order valence-electron chi connectivity index (χ0n) is 17.4. The summed E-state index contributed by atoms with van der Waals surface area (Å²) in [6.45, 7) is 2.28. The van der Waals surface area contributed by atoms with Gasteiger partial charge in [-0.1, -0.05) is 96.1 Å². The van der Waals surface area contributed by atoms with E-state index in [1.54, 1.807) is 6.07 Å². The smallest absolute Gasteiger partial charge is 0.337 e. The summed E-state index contributed by atoms with van der Waals surface area (Å²) in [5.41, 5.74) is 1.71. The number of methoxy groups -OCH3 is 1. The molecule has 1 aliphatic heterocycles. The fourth-order valence-electron chi connectivity index (χ4n) is 3.80. The SMILES string of the molecule is CCCCCCCCCCCCCCC1OC1c1cccc(C(=O)OC)c1. The molecule has 0 radical (unpaired) electrons. The third-order valence-corrected chi connectivity index (χ3v) is 5.56. The molecule has 0 aromatic heterocycles. The highest BCUT2D eigenvalue weighted by molar-refractivity contribution is 5.89. The molecule has 0 N–H and O–H groups in total. The molecule has 2 rings (SSSR count). The van der Waals surface area contributed by atoms with E-state index in [9.17, 15) is 4.79 Å². The van der Waals surface area contributed by atoms with Crippen LogP contribution in [0.3, 0.4) is 0 Å². The predicted molar refractivity (Wildman–Crippen MR) is 111 cm³/mol. The molecule has 0 amide bonds. The number of carbonyl (C=O) groups excluding carboxylic acids is 1. The van der Waals surface area contributed by atoms with Crippen LogP contribution in [-0.2, 0) is 9.47 Å². The first-order chi connectivity index (χ1) is 13.3. The molecular formula is C24H38O3. The Morgan fingerprint density at radius 2 is 1.52 bits per heavy atom. The molecule has 1 aromatic carbocycles. The molecule has 0 saturated carbocycles. The Morgan fingerprint density at radius 3 is 2.11 bits per heavy atom. The van der Waals surface area contributed by atoms with Gasteiger partial charge in [0, 0.05) is 0 Å². The van der Waals surface area contributed by atoms with E-state index in [1.165, 1.54) is 84.2 Å². The van der Waals surface area contributed by atoms with Crippen LogP contribution in [-0.4, -0.2) is 19.2 Å². The largest absolute Gasteiger partial charge is 0.465 e. The minimum atomic E-state index is -0.282. The Balaban J connectivity index is 1.46. The Morgan fingerprint density at radius 1 is 0.926 bits per heavy atom. The molecule has 0 bridgehead atoms. The highest BCUT2D eigenvalue weighted by Gasteiger charge is 2.39. The molecule has 2 unspecified atom stereocenters. The molecule has 27 heavy (non-hydrogen) atoms. The first-order valence-electron chi connectivity index (χ1n) is 11.1. The molecule has 0 spiro atoms. The summed E-state index contributed by atoms with van der Waals surface area (Å²) in [7, 11) is 1.42. The van der Waals surface area contributed by atoms with Crippen LogP contribution in [0.15, 0.2) is 24.3 Å². The van der Waals surface area contributed by atoms with Gasteiger partial charge in [-0.15, -0.1) is 0 Å². The average molecular weight is 375 g/mol. The molecule has 1 fully saturated rings. The monoisotopic (exact) mass is 374 g/mol. The topological polar surface area (TPSA) is 38.8 Å². The number of hydrogen-bond acceptors (Lipinski definition) is 3. The normalized spacial score (nSPS) is 18.4. The lowest BCUT2D eigenvalue weighted by Crippen LogP contribution is -2.01. The number of epoxide rings is 1. The van der Waals surface area contributed by atoms with Gasteiger partial charge in [-0.2, -0.15) is 0 Å². The van der Waals surface area contributed by atoms with E-state index in [1.807, 2.05) is 18.2 Å². The van der Waals surface area contributed by atoms with Crippen molar-refractivity contribution in [1.29, 1.82) is 0 Å². The molecule has 152 valence electrons. The molecule has 0 aliphatic carbocycles. The van der Waals surface area contributed by atoms with Gasteiger partial charge in [-0.3, -0.25) is 0 Å². The maximum absolute atomic E-state index is 11.6. The van der Waals surface area contributed by atoms with Gasteiger partial charge >= 0.3 is 5.97 Å². The van der Waals surface area contributed by atoms with Crippen molar-refractivity contribution in [2.24, 2.45) is 0 Å². The van der Waals surface area contributed by atoms with Crippen molar-refractivity contribution < 1.29 is 14.3 Å². The summed E-state index contributed by atoms with van der Waals surface area (Å²) >= 11 is 0. The summed E-state index contributed by atoms with van der Waals surface area (Å²) in [4.78, 5) is 11.6. The van der Waals surface area contributed by atoms with Crippen molar-refractivity contribution >= 4 is 5.97 Å². The number of carbonyl (C=O) groups is 1. The summed E-state index contributed by atoms with van der Waals surface area (Å²) in [5.74, 6) is -0.282. The summed E-state index contributed by atoms with van der Waals surface area (Å²) in [6, 6.07) is 7.64. The molecule has 3 heteroatoms. The molecule has 1 aliphatic rings. The molecule has 2 atom stereocenters. The number of hydrogen-bond donors (Lipinski definition) is 0. The van der Waals surface area contributed by atoms with Gasteiger partial charge in [0.1, 0.15) is 6.10 Å². The number of ether oxygens (including phenoxy) is 2. The van der Waals surface area contributed by atoms with Crippen LogP contribution in [0, 0.1) is 0 Å². The van der Waals surface area contributed by atoms with Gasteiger partial charge in [-0.05, 0) is 24.1 Å². The Bertz CT molecular complexity index is 540. The van der Waals surface area contributed by atoms with Gasteiger partial charge in [0.2, 0.25) is 0 Å². The first kappa shape index (κ1) is 21.9. The maximum Gasteiger partial charge on any atom is 0.337 e. The van der Waals surface area contributed by atoms with Gasteiger partial charge in [0.15, 0.2) is 0 Å². The molecule has 1 aromatic rings. The lowest BCUT2D eigenvalue weighted by Gasteiger charge is -2.03. The Kier molecular flexibility index (Phi) is 10.5. The molecular weight excluding hydrogens is 336 g/mol. The van der Waals surface area contributed by atoms with Crippen LogP contribution in [0.1, 0.15) is 112 Å². The third-order valence-electron chi connectivity index (χ3n) is 5.56. The summed E-state index contributed by atoms with van der Waals surface area (Å²) in [5, 5.41) is 0. The second-order valence-corrected chi connectivity index (χ2v) is 7.89. The standard InChI is InChI=1S/C24H38O3/c1-3-4-5-6-7-8-9-10-11-12-13-14-18-22-23(27-22)20-16-15-17-21(19-20)24(25)26-2/h15-17,19,22-23H,3-14,18H2,1-2H3. The van der Waals surface area contributed by atoms with Crippen LogP contribution in [0.4, 0.5) is 0 Å². The van der Waals surface area contributed by atoms with E-state index in [2.05, 4.69) is 6.92 Å². The summed E-state index contributed by atoms with van der Waals surface area (Å²) in [6.07, 6.45) is 18.2. The fraction of sp³-hybridized carbons (Fsp3) is 0.708. The molecule has 3 nitrogen and oxygen atoms in total. The number of benzene rings is 1. The highest BCUT2D eigenvalue weighted by atomic mass is 16.6. The lowest BCUT2D eigenvalue weighted by molar-refractivity contribution is 0.0600. The van der Waals surface area contributed by atoms with Crippen molar-refractivity contribution in [2.75, 3.05) is 7.11 Å². The van der Waals surface area contributed by atoms with Crippen molar-refractivity contribution in [3.05, 3.63) is 35.4 Å². The van der Waals surface area contributed by atoms with E-state index in [0.717, 1.165) is 12.0 Å². The predicted octanol–water partition coefficient (Wildman–Crippen LogP) is 7.00. The Labute approximate surface area is 165 Å². The van der Waals surface area contributed by atoms with Crippen LogP contribution in [0.2, 0.25) is 0 Å². The van der Waals surface area contributed by atoms with E-state index in [-0.39, 0.29) is 12.1 Å². The zero-order valence-corrected chi connectivity index (χ0v) is 17.4. The van der Waals surface area contributed by atoms with Crippen molar-refractivity contribution in [2.45, 2.75) is 103 Å².